The molecule has 4 nitrogen and oxygen atoms in total. The maximum atomic E-state index is 6.49. The summed E-state index contributed by atoms with van der Waals surface area (Å²) < 4.78 is 7.46. The molecule has 0 spiro atoms. The molecule has 1 N–H and O–H groups in total. The zero-order chi connectivity index (χ0) is 15.2. The maximum Gasteiger partial charge on any atom is 0.0850 e. The lowest BCUT2D eigenvalue weighted by Crippen LogP contribution is -2.34. The predicted molar refractivity (Wildman–Crippen MR) is 86.9 cm³/mol. The van der Waals surface area contributed by atoms with Gasteiger partial charge in [-0.15, -0.1) is 0 Å². The Balaban J connectivity index is 2.04. The van der Waals surface area contributed by atoms with Crippen molar-refractivity contribution in [3.8, 4) is 0 Å². The smallest absolute Gasteiger partial charge is 0.0850 e. The van der Waals surface area contributed by atoms with E-state index in [9.17, 15) is 0 Å². The molecule has 5 heteroatoms. The zero-order valence-corrected chi connectivity index (χ0v) is 14.2. The van der Waals surface area contributed by atoms with Crippen LogP contribution in [0.4, 0.5) is 0 Å². The summed E-state index contributed by atoms with van der Waals surface area (Å²) in [5.74, 6) is 0.678. The van der Waals surface area contributed by atoms with E-state index >= 15 is 0 Å². The number of nitrogens with zero attached hydrogens (tertiary/aromatic N) is 2. The third-order valence-corrected chi connectivity index (χ3v) is 4.70. The van der Waals surface area contributed by atoms with Crippen molar-refractivity contribution in [3.05, 3.63) is 16.4 Å². The lowest BCUT2D eigenvalue weighted by atomic mass is 9.96. The first-order valence-electron chi connectivity index (χ1n) is 8.17. The minimum absolute atomic E-state index is 0.453. The standard InChI is InChI=1S/C16H28ClN3O/c1-4-7-18-13(9-12-6-8-21-11-12)10-15-16(17)14(5-2)19-20(15)3/h12-13,18H,4-11H2,1-3H3. The zero-order valence-electron chi connectivity index (χ0n) is 13.5. The van der Waals surface area contributed by atoms with E-state index in [1.54, 1.807) is 0 Å². The molecule has 2 atom stereocenters. The van der Waals surface area contributed by atoms with Crippen LogP contribution in [0.5, 0.6) is 0 Å². The number of aromatic nitrogens is 2. The van der Waals surface area contributed by atoms with Crippen LogP contribution in [0.15, 0.2) is 0 Å². The lowest BCUT2D eigenvalue weighted by molar-refractivity contribution is 0.181. The molecule has 2 rings (SSSR count). The molecule has 1 saturated heterocycles. The highest BCUT2D eigenvalue weighted by atomic mass is 35.5. The first kappa shape index (κ1) is 16.8. The van der Waals surface area contributed by atoms with Crippen molar-refractivity contribution in [3.63, 3.8) is 0 Å². The van der Waals surface area contributed by atoms with Gasteiger partial charge in [-0.05, 0) is 38.1 Å². The molecule has 0 aromatic carbocycles. The maximum absolute atomic E-state index is 6.49. The van der Waals surface area contributed by atoms with Crippen LogP contribution >= 0.6 is 11.6 Å². The molecule has 1 aliphatic heterocycles. The number of aryl methyl sites for hydroxylation is 2. The van der Waals surface area contributed by atoms with Crippen LogP contribution in [0.1, 0.15) is 44.5 Å². The number of rotatable bonds is 8. The summed E-state index contributed by atoms with van der Waals surface area (Å²) in [6, 6.07) is 0.453. The number of hydrogen-bond donors (Lipinski definition) is 1. The molecule has 0 bridgehead atoms. The molecule has 0 amide bonds. The minimum Gasteiger partial charge on any atom is -0.381 e. The van der Waals surface area contributed by atoms with Gasteiger partial charge in [-0.1, -0.05) is 25.4 Å². The summed E-state index contributed by atoms with van der Waals surface area (Å²) >= 11 is 6.49. The highest BCUT2D eigenvalue weighted by Crippen LogP contribution is 2.25. The molecule has 2 unspecified atom stereocenters. The van der Waals surface area contributed by atoms with Crippen LogP contribution in [0, 0.1) is 5.92 Å². The van der Waals surface area contributed by atoms with Crippen LogP contribution in [0.3, 0.4) is 0 Å². The van der Waals surface area contributed by atoms with Gasteiger partial charge in [0.25, 0.3) is 0 Å². The Kier molecular flexibility index (Phi) is 6.52. The van der Waals surface area contributed by atoms with Gasteiger partial charge in [-0.2, -0.15) is 5.10 Å². The number of ether oxygens (including phenoxy) is 1. The Morgan fingerprint density at radius 2 is 2.29 bits per heavy atom. The second-order valence-electron chi connectivity index (χ2n) is 6.01. The van der Waals surface area contributed by atoms with Gasteiger partial charge in [0.1, 0.15) is 0 Å². The molecule has 120 valence electrons. The fourth-order valence-corrected chi connectivity index (χ4v) is 3.40. The fourth-order valence-electron chi connectivity index (χ4n) is 3.03. The number of halogens is 1. The second kappa shape index (κ2) is 8.16. The Labute approximate surface area is 133 Å². The molecule has 0 aliphatic carbocycles. The van der Waals surface area contributed by atoms with Crippen LogP contribution in [0.25, 0.3) is 0 Å². The third kappa shape index (κ3) is 4.44. The molecule has 0 radical (unpaired) electrons. The summed E-state index contributed by atoms with van der Waals surface area (Å²) in [5, 5.41) is 9.05. The van der Waals surface area contributed by atoms with Gasteiger partial charge in [0.2, 0.25) is 0 Å². The molecule has 1 aromatic heterocycles. The van der Waals surface area contributed by atoms with Crippen molar-refractivity contribution in [1.29, 1.82) is 0 Å². The van der Waals surface area contributed by atoms with E-state index in [1.807, 2.05) is 11.7 Å². The van der Waals surface area contributed by atoms with Gasteiger partial charge >= 0.3 is 0 Å². The lowest BCUT2D eigenvalue weighted by Gasteiger charge is -2.21. The van der Waals surface area contributed by atoms with Crippen LogP contribution in [-0.4, -0.2) is 35.6 Å². The molecular weight excluding hydrogens is 286 g/mol. The highest BCUT2D eigenvalue weighted by Gasteiger charge is 2.23. The van der Waals surface area contributed by atoms with Gasteiger partial charge in [-0.25, -0.2) is 0 Å². The van der Waals surface area contributed by atoms with Crippen LogP contribution in [0.2, 0.25) is 5.02 Å². The first-order valence-corrected chi connectivity index (χ1v) is 8.54. The molecule has 2 heterocycles. The normalized spacial score (nSPS) is 20.1. The van der Waals surface area contributed by atoms with Gasteiger partial charge in [0.05, 0.1) is 16.4 Å². The number of hydrogen-bond acceptors (Lipinski definition) is 3. The van der Waals surface area contributed by atoms with Crippen molar-refractivity contribution in [1.82, 2.24) is 15.1 Å². The van der Waals surface area contributed by atoms with Crippen LogP contribution in [-0.2, 0) is 24.6 Å². The highest BCUT2D eigenvalue weighted by molar-refractivity contribution is 6.31. The van der Waals surface area contributed by atoms with E-state index < -0.39 is 0 Å². The van der Waals surface area contributed by atoms with E-state index in [1.165, 1.54) is 6.42 Å². The fraction of sp³-hybridized carbons (Fsp3) is 0.812. The Morgan fingerprint density at radius 1 is 1.48 bits per heavy atom. The second-order valence-corrected chi connectivity index (χ2v) is 6.38. The average molecular weight is 314 g/mol. The first-order chi connectivity index (χ1) is 10.2. The van der Waals surface area contributed by atoms with Gasteiger partial charge in [0.15, 0.2) is 0 Å². The van der Waals surface area contributed by atoms with E-state index in [0.29, 0.717) is 12.0 Å². The van der Waals surface area contributed by atoms with E-state index in [-0.39, 0.29) is 0 Å². The monoisotopic (exact) mass is 313 g/mol. The number of nitrogens with one attached hydrogen (secondary N) is 1. The van der Waals surface area contributed by atoms with Crippen molar-refractivity contribution >= 4 is 11.6 Å². The summed E-state index contributed by atoms with van der Waals surface area (Å²) in [6.45, 7) is 7.17. The average Bonchev–Trinajstić information content (AvgIpc) is 3.07. The summed E-state index contributed by atoms with van der Waals surface area (Å²) in [6.07, 6.45) is 5.32. The van der Waals surface area contributed by atoms with E-state index in [2.05, 4.69) is 24.3 Å². The molecule has 1 aliphatic rings. The summed E-state index contributed by atoms with van der Waals surface area (Å²) in [4.78, 5) is 0. The predicted octanol–water partition coefficient (Wildman–Crippen LogP) is 2.97. The van der Waals surface area contributed by atoms with Gasteiger partial charge in [-0.3, -0.25) is 4.68 Å². The van der Waals surface area contributed by atoms with E-state index in [0.717, 1.165) is 61.9 Å². The van der Waals surface area contributed by atoms with Crippen molar-refractivity contribution in [2.45, 2.75) is 52.0 Å². The molecule has 21 heavy (non-hydrogen) atoms. The van der Waals surface area contributed by atoms with Crippen molar-refractivity contribution in [2.75, 3.05) is 19.8 Å². The topological polar surface area (TPSA) is 39.1 Å². The Morgan fingerprint density at radius 3 is 2.86 bits per heavy atom. The van der Waals surface area contributed by atoms with Crippen molar-refractivity contribution < 1.29 is 4.74 Å². The van der Waals surface area contributed by atoms with Crippen molar-refractivity contribution in [2.24, 2.45) is 13.0 Å². The Hall–Kier alpha value is -0.580. The largest absolute Gasteiger partial charge is 0.381 e. The molecule has 1 aromatic rings. The quantitative estimate of drug-likeness (QED) is 0.802. The molecular formula is C16H28ClN3O. The van der Waals surface area contributed by atoms with E-state index in [4.69, 9.17) is 16.3 Å². The minimum atomic E-state index is 0.453. The Bertz CT molecular complexity index is 441. The SMILES string of the molecule is CCCNC(Cc1c(Cl)c(CC)nn1C)CC1CCOC1. The van der Waals surface area contributed by atoms with Gasteiger partial charge in [0, 0.05) is 32.7 Å². The third-order valence-electron chi connectivity index (χ3n) is 4.27. The van der Waals surface area contributed by atoms with Gasteiger partial charge < -0.3 is 10.1 Å². The molecule has 0 saturated carbocycles. The summed E-state index contributed by atoms with van der Waals surface area (Å²) in [7, 11) is 2.00. The molecule has 1 fully saturated rings. The van der Waals surface area contributed by atoms with Crippen LogP contribution < -0.4 is 5.32 Å². The summed E-state index contributed by atoms with van der Waals surface area (Å²) in [5.41, 5.74) is 2.16.